The van der Waals surface area contributed by atoms with Gasteiger partial charge in [0, 0.05) is 12.4 Å². The Bertz CT molecular complexity index is 763. The molecule has 0 unspecified atom stereocenters. The number of rotatable bonds is 1. The van der Waals surface area contributed by atoms with Gasteiger partial charge in [0.05, 0.1) is 21.3 Å². The van der Waals surface area contributed by atoms with E-state index in [2.05, 4.69) is 4.98 Å². The molecule has 2 heterocycles. The van der Waals surface area contributed by atoms with Crippen molar-refractivity contribution >= 4 is 28.8 Å². The van der Waals surface area contributed by atoms with Crippen molar-refractivity contribution in [2.45, 2.75) is 0 Å². The first kappa shape index (κ1) is 12.4. The molecular formula is C13H6Cl2F2N2. The summed E-state index contributed by atoms with van der Waals surface area (Å²) in [6, 6.07) is 5.18. The number of pyridine rings is 1. The molecule has 0 radical (unpaired) electrons. The van der Waals surface area contributed by atoms with Crippen molar-refractivity contribution < 1.29 is 8.78 Å². The first-order chi connectivity index (χ1) is 9.06. The molecule has 2 nitrogen and oxygen atoms in total. The van der Waals surface area contributed by atoms with Crippen LogP contribution in [0.4, 0.5) is 8.78 Å². The minimum absolute atomic E-state index is 0.166. The molecule has 3 rings (SSSR count). The molecule has 0 saturated heterocycles. The third-order valence-electron chi connectivity index (χ3n) is 2.69. The number of fused-ring (bicyclic) bond motifs is 1. The van der Waals surface area contributed by atoms with Gasteiger partial charge in [0.2, 0.25) is 0 Å². The van der Waals surface area contributed by atoms with Crippen molar-refractivity contribution in [2.75, 3.05) is 0 Å². The minimum atomic E-state index is -0.675. The lowest BCUT2D eigenvalue weighted by molar-refractivity contribution is 0.589. The van der Waals surface area contributed by atoms with Gasteiger partial charge in [-0.3, -0.25) is 0 Å². The standard InChI is InChI=1S/C13H6Cl2F2N2/c14-7-4-8(15)13-18-11(6-19(13)5-7)12-9(16)2-1-3-10(12)17/h1-6H. The molecule has 0 fully saturated rings. The number of aromatic nitrogens is 2. The lowest BCUT2D eigenvalue weighted by Gasteiger charge is -1.99. The van der Waals surface area contributed by atoms with Crippen LogP contribution < -0.4 is 0 Å². The van der Waals surface area contributed by atoms with Crippen LogP contribution in [-0.4, -0.2) is 9.38 Å². The molecule has 0 aliphatic heterocycles. The second-order valence-corrected chi connectivity index (χ2v) is 4.80. The normalized spacial score (nSPS) is 11.2. The van der Waals surface area contributed by atoms with Crippen molar-refractivity contribution in [3.63, 3.8) is 0 Å². The molecule has 96 valence electrons. The van der Waals surface area contributed by atoms with Crippen molar-refractivity contribution in [1.29, 1.82) is 0 Å². The van der Waals surface area contributed by atoms with Gasteiger partial charge >= 0.3 is 0 Å². The molecule has 2 aromatic heterocycles. The highest BCUT2D eigenvalue weighted by molar-refractivity contribution is 6.36. The number of nitrogens with zero attached hydrogens (tertiary/aromatic N) is 2. The van der Waals surface area contributed by atoms with Crippen molar-refractivity contribution in [3.8, 4) is 11.3 Å². The first-order valence-electron chi connectivity index (χ1n) is 5.34. The highest BCUT2D eigenvalue weighted by Crippen LogP contribution is 2.28. The fourth-order valence-corrected chi connectivity index (χ4v) is 2.41. The van der Waals surface area contributed by atoms with Gasteiger partial charge in [-0.05, 0) is 18.2 Å². The van der Waals surface area contributed by atoms with Crippen LogP contribution in [0, 0.1) is 11.6 Å². The fraction of sp³-hybridized carbons (Fsp3) is 0. The van der Waals surface area contributed by atoms with Gasteiger partial charge in [-0.2, -0.15) is 0 Å². The summed E-state index contributed by atoms with van der Waals surface area (Å²) in [5.41, 5.74) is 0.377. The predicted molar refractivity (Wildman–Crippen MR) is 70.6 cm³/mol. The topological polar surface area (TPSA) is 17.3 Å². The molecular weight excluding hydrogens is 293 g/mol. The summed E-state index contributed by atoms with van der Waals surface area (Å²) >= 11 is 11.8. The zero-order chi connectivity index (χ0) is 13.6. The molecule has 6 heteroatoms. The molecule has 0 amide bonds. The number of halogens is 4. The van der Waals surface area contributed by atoms with Crippen LogP contribution in [0.2, 0.25) is 10.0 Å². The molecule has 1 aromatic carbocycles. The molecule has 0 saturated carbocycles. The number of imidazole rings is 1. The van der Waals surface area contributed by atoms with Crippen LogP contribution >= 0.6 is 23.2 Å². The maximum Gasteiger partial charge on any atom is 0.156 e. The molecule has 0 bridgehead atoms. The molecule has 0 atom stereocenters. The summed E-state index contributed by atoms with van der Waals surface area (Å²) in [5.74, 6) is -1.35. The Hall–Kier alpha value is -1.65. The quantitative estimate of drug-likeness (QED) is 0.642. The zero-order valence-corrected chi connectivity index (χ0v) is 10.9. The second-order valence-electron chi connectivity index (χ2n) is 3.96. The van der Waals surface area contributed by atoms with Crippen LogP contribution in [0.5, 0.6) is 0 Å². The fourth-order valence-electron chi connectivity index (χ4n) is 1.89. The second kappa shape index (κ2) is 4.47. The summed E-state index contributed by atoms with van der Waals surface area (Å²) in [7, 11) is 0. The number of hydrogen-bond donors (Lipinski definition) is 0. The van der Waals surface area contributed by atoms with Crippen molar-refractivity contribution in [2.24, 2.45) is 0 Å². The lowest BCUT2D eigenvalue weighted by Crippen LogP contribution is -1.89. The Kier molecular flexibility index (Phi) is 2.92. The first-order valence-corrected chi connectivity index (χ1v) is 6.10. The van der Waals surface area contributed by atoms with E-state index in [4.69, 9.17) is 23.2 Å². The third kappa shape index (κ3) is 2.07. The van der Waals surface area contributed by atoms with Crippen molar-refractivity contribution in [3.05, 3.63) is 58.3 Å². The molecule has 19 heavy (non-hydrogen) atoms. The van der Waals surface area contributed by atoms with E-state index in [1.165, 1.54) is 34.9 Å². The Morgan fingerprint density at radius 3 is 2.42 bits per heavy atom. The van der Waals surface area contributed by atoms with E-state index in [0.29, 0.717) is 15.7 Å². The van der Waals surface area contributed by atoms with E-state index < -0.39 is 11.6 Å². The maximum atomic E-state index is 13.7. The van der Waals surface area contributed by atoms with E-state index in [0.717, 1.165) is 0 Å². The average molecular weight is 299 g/mol. The third-order valence-corrected chi connectivity index (χ3v) is 3.18. The largest absolute Gasteiger partial charge is 0.304 e. The van der Waals surface area contributed by atoms with Gasteiger partial charge in [-0.1, -0.05) is 29.3 Å². The zero-order valence-electron chi connectivity index (χ0n) is 9.37. The average Bonchev–Trinajstić information content (AvgIpc) is 2.72. The predicted octanol–water partition coefficient (Wildman–Crippen LogP) is 4.59. The van der Waals surface area contributed by atoms with Crippen LogP contribution in [0.25, 0.3) is 16.9 Å². The Balaban J connectivity index is 2.30. The van der Waals surface area contributed by atoms with Gasteiger partial charge in [-0.15, -0.1) is 0 Å². The van der Waals surface area contributed by atoms with E-state index in [9.17, 15) is 8.78 Å². The van der Waals surface area contributed by atoms with Crippen LogP contribution in [0.15, 0.2) is 36.7 Å². The SMILES string of the molecule is Fc1cccc(F)c1-c1cn2cc(Cl)cc(Cl)c2n1. The molecule has 0 aliphatic rings. The number of hydrogen-bond acceptors (Lipinski definition) is 1. The lowest BCUT2D eigenvalue weighted by atomic mass is 10.1. The minimum Gasteiger partial charge on any atom is -0.304 e. The van der Waals surface area contributed by atoms with Crippen molar-refractivity contribution in [1.82, 2.24) is 9.38 Å². The smallest absolute Gasteiger partial charge is 0.156 e. The Labute approximate surface area is 117 Å². The molecule has 0 N–H and O–H groups in total. The maximum absolute atomic E-state index is 13.7. The van der Waals surface area contributed by atoms with E-state index >= 15 is 0 Å². The van der Waals surface area contributed by atoms with Gasteiger partial charge in [-0.25, -0.2) is 13.8 Å². The summed E-state index contributed by atoms with van der Waals surface area (Å²) in [6.07, 6.45) is 3.05. The van der Waals surface area contributed by atoms with Gasteiger partial charge in [0.15, 0.2) is 5.65 Å². The molecule has 0 spiro atoms. The van der Waals surface area contributed by atoms with Gasteiger partial charge < -0.3 is 4.40 Å². The monoisotopic (exact) mass is 298 g/mol. The van der Waals surface area contributed by atoms with E-state index in [1.54, 1.807) is 6.20 Å². The summed E-state index contributed by atoms with van der Waals surface area (Å²) < 4.78 is 28.9. The van der Waals surface area contributed by atoms with Crippen LogP contribution in [0.3, 0.4) is 0 Å². The summed E-state index contributed by atoms with van der Waals surface area (Å²) in [5, 5.41) is 0.728. The van der Waals surface area contributed by atoms with E-state index in [-0.39, 0.29) is 11.3 Å². The van der Waals surface area contributed by atoms with Crippen LogP contribution in [0.1, 0.15) is 0 Å². The summed E-state index contributed by atoms with van der Waals surface area (Å²) in [6.45, 7) is 0. The van der Waals surface area contributed by atoms with E-state index in [1.807, 2.05) is 0 Å². The van der Waals surface area contributed by atoms with Gasteiger partial charge in [0.1, 0.15) is 11.6 Å². The van der Waals surface area contributed by atoms with Crippen LogP contribution in [-0.2, 0) is 0 Å². The highest BCUT2D eigenvalue weighted by atomic mass is 35.5. The summed E-state index contributed by atoms with van der Waals surface area (Å²) in [4.78, 5) is 4.14. The Morgan fingerprint density at radius 2 is 1.74 bits per heavy atom. The number of benzene rings is 1. The Morgan fingerprint density at radius 1 is 1.05 bits per heavy atom. The van der Waals surface area contributed by atoms with Gasteiger partial charge in [0.25, 0.3) is 0 Å². The highest BCUT2D eigenvalue weighted by Gasteiger charge is 2.15. The molecule has 3 aromatic rings. The molecule has 0 aliphatic carbocycles.